The fourth-order valence-corrected chi connectivity index (χ4v) is 2.39. The molecule has 128 valence electrons. The standard InChI is InChI=1S/C18H18ClN5O/c1-12(11-25)21-18-23-16(13-5-4-8-20-10-13)9-17(24-18)22-15-7-3-2-6-14(15)19/h2-10,12,25H,11H2,1H3,(H2,21,22,23,24)/t12-/m1/s1. The van der Waals surface area contributed by atoms with Crippen LogP contribution in [0.3, 0.4) is 0 Å². The van der Waals surface area contributed by atoms with Crippen molar-refractivity contribution in [3.05, 3.63) is 59.9 Å². The number of aliphatic hydroxyl groups is 1. The van der Waals surface area contributed by atoms with Crippen molar-refractivity contribution in [2.45, 2.75) is 13.0 Å². The summed E-state index contributed by atoms with van der Waals surface area (Å²) in [5.74, 6) is 1.01. The maximum Gasteiger partial charge on any atom is 0.225 e. The first-order chi connectivity index (χ1) is 12.2. The monoisotopic (exact) mass is 355 g/mol. The van der Waals surface area contributed by atoms with E-state index in [1.165, 1.54) is 0 Å². The normalized spacial score (nSPS) is 11.8. The molecule has 0 radical (unpaired) electrons. The van der Waals surface area contributed by atoms with E-state index in [0.717, 1.165) is 11.3 Å². The Labute approximate surface area is 150 Å². The van der Waals surface area contributed by atoms with Crippen LogP contribution in [0.2, 0.25) is 5.02 Å². The zero-order chi connectivity index (χ0) is 17.6. The summed E-state index contributed by atoms with van der Waals surface area (Å²) in [6.07, 6.45) is 3.45. The number of aromatic nitrogens is 3. The average Bonchev–Trinajstić information content (AvgIpc) is 2.64. The predicted molar refractivity (Wildman–Crippen MR) is 100 cm³/mol. The van der Waals surface area contributed by atoms with Gasteiger partial charge in [0.05, 0.1) is 23.0 Å². The second-order valence-electron chi connectivity index (χ2n) is 5.54. The highest BCUT2D eigenvalue weighted by molar-refractivity contribution is 6.33. The van der Waals surface area contributed by atoms with E-state index >= 15 is 0 Å². The fraction of sp³-hybridized carbons (Fsp3) is 0.167. The molecule has 0 fully saturated rings. The van der Waals surface area contributed by atoms with Crippen LogP contribution in [0, 0.1) is 0 Å². The zero-order valence-corrected chi connectivity index (χ0v) is 14.4. The van der Waals surface area contributed by atoms with E-state index in [-0.39, 0.29) is 12.6 Å². The third-order valence-corrected chi connectivity index (χ3v) is 3.80. The van der Waals surface area contributed by atoms with Crippen molar-refractivity contribution in [2.75, 3.05) is 17.2 Å². The molecule has 0 spiro atoms. The number of benzene rings is 1. The molecule has 2 heterocycles. The van der Waals surface area contributed by atoms with Crippen LogP contribution in [0.25, 0.3) is 11.3 Å². The van der Waals surface area contributed by atoms with Gasteiger partial charge in [-0.15, -0.1) is 0 Å². The molecule has 6 nitrogen and oxygen atoms in total. The third kappa shape index (κ3) is 4.43. The smallest absolute Gasteiger partial charge is 0.225 e. The highest BCUT2D eigenvalue weighted by Crippen LogP contribution is 2.27. The molecule has 3 N–H and O–H groups in total. The van der Waals surface area contributed by atoms with Gasteiger partial charge in [-0.05, 0) is 31.2 Å². The molecule has 1 aromatic carbocycles. The van der Waals surface area contributed by atoms with E-state index in [9.17, 15) is 5.11 Å². The van der Waals surface area contributed by atoms with Crippen LogP contribution in [-0.4, -0.2) is 32.7 Å². The summed E-state index contributed by atoms with van der Waals surface area (Å²) < 4.78 is 0. The SMILES string of the molecule is C[C@H](CO)Nc1nc(Nc2ccccc2Cl)cc(-c2cccnc2)n1. The number of hydrogen-bond acceptors (Lipinski definition) is 6. The summed E-state index contributed by atoms with van der Waals surface area (Å²) in [7, 11) is 0. The molecule has 0 unspecified atom stereocenters. The minimum Gasteiger partial charge on any atom is -0.394 e. The van der Waals surface area contributed by atoms with Crippen molar-refractivity contribution in [3.8, 4) is 11.3 Å². The maximum atomic E-state index is 9.26. The Kier molecular flexibility index (Phi) is 5.42. The number of halogens is 1. The van der Waals surface area contributed by atoms with Crippen molar-refractivity contribution in [2.24, 2.45) is 0 Å². The number of aliphatic hydroxyl groups excluding tert-OH is 1. The fourth-order valence-electron chi connectivity index (χ4n) is 2.20. The second kappa shape index (κ2) is 7.92. The lowest BCUT2D eigenvalue weighted by Crippen LogP contribution is -2.21. The Morgan fingerprint density at radius 3 is 2.72 bits per heavy atom. The molecule has 3 rings (SSSR count). The van der Waals surface area contributed by atoms with Gasteiger partial charge in [0.15, 0.2) is 0 Å². The van der Waals surface area contributed by atoms with Crippen molar-refractivity contribution >= 4 is 29.1 Å². The summed E-state index contributed by atoms with van der Waals surface area (Å²) in [6, 6.07) is 12.9. The third-order valence-electron chi connectivity index (χ3n) is 3.47. The minimum atomic E-state index is -0.169. The molecule has 3 aromatic rings. The number of nitrogens with one attached hydrogen (secondary N) is 2. The van der Waals surface area contributed by atoms with Crippen LogP contribution < -0.4 is 10.6 Å². The van der Waals surface area contributed by atoms with Crippen molar-refractivity contribution < 1.29 is 5.11 Å². The quantitative estimate of drug-likeness (QED) is 0.625. The van der Waals surface area contributed by atoms with Gasteiger partial charge in [-0.2, -0.15) is 4.98 Å². The Morgan fingerprint density at radius 2 is 2.00 bits per heavy atom. The Hall–Kier alpha value is -2.70. The van der Waals surface area contributed by atoms with Crippen LogP contribution in [0.5, 0.6) is 0 Å². The number of anilines is 3. The largest absolute Gasteiger partial charge is 0.394 e. The van der Waals surface area contributed by atoms with Gasteiger partial charge in [0.2, 0.25) is 5.95 Å². The van der Waals surface area contributed by atoms with Crippen LogP contribution in [0.15, 0.2) is 54.9 Å². The van der Waals surface area contributed by atoms with Crippen LogP contribution >= 0.6 is 11.6 Å². The number of nitrogens with zero attached hydrogens (tertiary/aromatic N) is 3. The lowest BCUT2D eigenvalue weighted by molar-refractivity contribution is 0.281. The van der Waals surface area contributed by atoms with E-state index < -0.39 is 0 Å². The number of pyridine rings is 1. The molecular formula is C18H18ClN5O. The molecule has 0 saturated heterocycles. The van der Waals surface area contributed by atoms with Gasteiger partial charge in [0.25, 0.3) is 0 Å². The molecule has 0 bridgehead atoms. The number of hydrogen-bond donors (Lipinski definition) is 3. The van der Waals surface area contributed by atoms with Gasteiger partial charge in [-0.3, -0.25) is 4.98 Å². The molecule has 0 amide bonds. The molecule has 2 aromatic heterocycles. The molecule has 0 aliphatic carbocycles. The average molecular weight is 356 g/mol. The van der Waals surface area contributed by atoms with E-state index in [1.807, 2.05) is 43.3 Å². The Morgan fingerprint density at radius 1 is 1.16 bits per heavy atom. The van der Waals surface area contributed by atoms with E-state index in [0.29, 0.717) is 22.5 Å². The summed E-state index contributed by atoms with van der Waals surface area (Å²) >= 11 is 6.21. The van der Waals surface area contributed by atoms with Gasteiger partial charge in [-0.1, -0.05) is 23.7 Å². The highest BCUT2D eigenvalue weighted by atomic mass is 35.5. The van der Waals surface area contributed by atoms with Crippen LogP contribution in [-0.2, 0) is 0 Å². The first kappa shape index (κ1) is 17.1. The van der Waals surface area contributed by atoms with Crippen LogP contribution in [0.1, 0.15) is 6.92 Å². The lowest BCUT2D eigenvalue weighted by Gasteiger charge is -2.14. The lowest BCUT2D eigenvalue weighted by atomic mass is 10.2. The summed E-state index contributed by atoms with van der Waals surface area (Å²) in [5, 5.41) is 16.1. The van der Waals surface area contributed by atoms with Gasteiger partial charge in [0, 0.05) is 30.1 Å². The van der Waals surface area contributed by atoms with Gasteiger partial charge in [0.1, 0.15) is 5.82 Å². The van der Waals surface area contributed by atoms with Crippen molar-refractivity contribution in [1.29, 1.82) is 0 Å². The first-order valence-electron chi connectivity index (χ1n) is 7.84. The van der Waals surface area contributed by atoms with Gasteiger partial charge in [-0.25, -0.2) is 4.98 Å². The Balaban J connectivity index is 1.99. The predicted octanol–water partition coefficient (Wildman–Crippen LogP) is 3.73. The first-order valence-corrected chi connectivity index (χ1v) is 8.22. The summed E-state index contributed by atoms with van der Waals surface area (Å²) in [4.78, 5) is 13.1. The molecule has 25 heavy (non-hydrogen) atoms. The van der Waals surface area contributed by atoms with Gasteiger partial charge < -0.3 is 15.7 Å². The molecule has 0 aliphatic rings. The highest BCUT2D eigenvalue weighted by Gasteiger charge is 2.10. The molecule has 7 heteroatoms. The summed E-state index contributed by atoms with van der Waals surface area (Å²) in [5.41, 5.74) is 2.33. The second-order valence-corrected chi connectivity index (χ2v) is 5.94. The minimum absolute atomic E-state index is 0.0201. The van der Waals surface area contributed by atoms with E-state index in [4.69, 9.17) is 11.6 Å². The van der Waals surface area contributed by atoms with Gasteiger partial charge >= 0.3 is 0 Å². The van der Waals surface area contributed by atoms with Crippen LogP contribution in [0.4, 0.5) is 17.5 Å². The number of rotatable bonds is 6. The Bertz CT molecular complexity index is 844. The maximum absolute atomic E-state index is 9.26. The van der Waals surface area contributed by atoms with Crippen molar-refractivity contribution in [1.82, 2.24) is 15.0 Å². The number of para-hydroxylation sites is 1. The molecular weight excluding hydrogens is 338 g/mol. The van der Waals surface area contributed by atoms with E-state index in [2.05, 4.69) is 25.6 Å². The van der Waals surface area contributed by atoms with Crippen molar-refractivity contribution in [3.63, 3.8) is 0 Å². The molecule has 0 aliphatic heterocycles. The van der Waals surface area contributed by atoms with E-state index in [1.54, 1.807) is 18.5 Å². The zero-order valence-electron chi connectivity index (χ0n) is 13.6. The molecule has 1 atom stereocenters. The molecule has 0 saturated carbocycles. The summed E-state index contributed by atoms with van der Waals surface area (Å²) in [6.45, 7) is 1.83. The topological polar surface area (TPSA) is 83.0 Å².